The third-order valence-electron chi connectivity index (χ3n) is 7.33. The Morgan fingerprint density at radius 3 is 2.04 bits per heavy atom. The largest absolute Gasteiger partial charge is 0.378 e. The lowest BCUT2D eigenvalue weighted by Crippen LogP contribution is -2.40. The predicted octanol–water partition coefficient (Wildman–Crippen LogP) is 1.72. The summed E-state index contributed by atoms with van der Waals surface area (Å²) in [5.41, 5.74) is 1.15. The normalized spacial score (nSPS) is 37.9. The van der Waals surface area contributed by atoms with Crippen molar-refractivity contribution in [2.75, 3.05) is 31.2 Å². The lowest BCUT2D eigenvalue weighted by Gasteiger charge is -2.37. The molecule has 4 fully saturated rings. The molecule has 1 aromatic carbocycles. The van der Waals surface area contributed by atoms with Crippen LogP contribution in [0.2, 0.25) is 0 Å². The fraction of sp³-hybridized carbons (Fsp3) is 0.500. The Hall–Kier alpha value is -2.47. The summed E-state index contributed by atoms with van der Waals surface area (Å²) in [6.45, 7) is 2.29. The summed E-state index contributed by atoms with van der Waals surface area (Å²) in [6.07, 6.45) is 5.52. The first-order valence-electron chi connectivity index (χ1n) is 10.2. The lowest BCUT2D eigenvalue weighted by molar-refractivity contribution is -0.124. The minimum absolute atomic E-state index is 0.0371. The van der Waals surface area contributed by atoms with Gasteiger partial charge >= 0.3 is 0 Å². The van der Waals surface area contributed by atoms with Gasteiger partial charge in [-0.3, -0.25) is 19.3 Å². The number of benzene rings is 1. The van der Waals surface area contributed by atoms with Gasteiger partial charge in [0.15, 0.2) is 0 Å². The van der Waals surface area contributed by atoms with Gasteiger partial charge in [0.1, 0.15) is 0 Å². The van der Waals surface area contributed by atoms with Crippen molar-refractivity contribution in [2.45, 2.75) is 6.42 Å². The molecule has 144 valence electrons. The third kappa shape index (κ3) is 2.15. The van der Waals surface area contributed by atoms with Gasteiger partial charge in [-0.1, -0.05) is 12.2 Å². The smallest absolute Gasteiger partial charge is 0.254 e. The number of imide groups is 1. The van der Waals surface area contributed by atoms with Crippen molar-refractivity contribution >= 4 is 23.4 Å². The van der Waals surface area contributed by atoms with Crippen LogP contribution in [-0.4, -0.2) is 48.9 Å². The summed E-state index contributed by atoms with van der Waals surface area (Å²) in [5.74, 6) is 1.10. The van der Waals surface area contributed by atoms with Crippen molar-refractivity contribution in [3.8, 4) is 0 Å². The maximum Gasteiger partial charge on any atom is 0.254 e. The highest BCUT2D eigenvalue weighted by molar-refractivity contribution is 6.22. The number of hydrogen-bond donors (Lipinski definition) is 0. The number of carbonyl (C=O) groups is 3. The molecule has 2 saturated heterocycles. The number of hydrogen-bond acceptors (Lipinski definition) is 4. The van der Waals surface area contributed by atoms with Crippen LogP contribution in [0.25, 0.3) is 0 Å². The molecule has 0 N–H and O–H groups in total. The molecule has 3 amide bonds. The highest BCUT2D eigenvalue weighted by atomic mass is 16.5. The number of rotatable bonds is 2. The molecule has 0 radical (unpaired) electrons. The SMILES string of the molecule is O=C(c1ccc(N2C(=O)[C@@H]3[C@H]4C=C[C@@H]([C@@H]5C[C@H]45)[C@H]3C2=O)cc1)N1CCOCC1. The molecule has 0 unspecified atom stereocenters. The Balaban J connectivity index is 1.26. The number of allylic oxidation sites excluding steroid dienone is 2. The molecule has 28 heavy (non-hydrogen) atoms. The van der Waals surface area contributed by atoms with E-state index in [2.05, 4.69) is 12.2 Å². The summed E-state index contributed by atoms with van der Waals surface area (Å²) in [7, 11) is 0. The van der Waals surface area contributed by atoms with Gasteiger partial charge in [0.2, 0.25) is 11.8 Å². The zero-order valence-electron chi connectivity index (χ0n) is 15.5. The van der Waals surface area contributed by atoms with Crippen LogP contribution < -0.4 is 4.90 Å². The number of nitrogens with zero attached hydrogens (tertiary/aromatic N) is 2. The average molecular weight is 378 g/mol. The van der Waals surface area contributed by atoms with Crippen LogP contribution >= 0.6 is 0 Å². The third-order valence-corrected chi connectivity index (χ3v) is 7.33. The summed E-state index contributed by atoms with van der Waals surface area (Å²) in [6, 6.07) is 6.91. The van der Waals surface area contributed by atoms with E-state index >= 15 is 0 Å². The zero-order chi connectivity index (χ0) is 19.0. The number of amides is 3. The van der Waals surface area contributed by atoms with Gasteiger partial charge in [0.25, 0.3) is 5.91 Å². The van der Waals surface area contributed by atoms with E-state index in [-0.39, 0.29) is 41.4 Å². The van der Waals surface area contributed by atoms with Crippen molar-refractivity contribution in [2.24, 2.45) is 35.5 Å². The van der Waals surface area contributed by atoms with Crippen molar-refractivity contribution in [1.82, 2.24) is 4.90 Å². The quantitative estimate of drug-likeness (QED) is 0.581. The molecule has 0 spiro atoms. The minimum Gasteiger partial charge on any atom is -0.378 e. The van der Waals surface area contributed by atoms with Crippen LogP contribution in [0.3, 0.4) is 0 Å². The Morgan fingerprint density at radius 1 is 0.893 bits per heavy atom. The van der Waals surface area contributed by atoms with Gasteiger partial charge in [-0.25, -0.2) is 0 Å². The van der Waals surface area contributed by atoms with Crippen LogP contribution in [-0.2, 0) is 14.3 Å². The summed E-state index contributed by atoms with van der Waals surface area (Å²) in [5, 5.41) is 0. The summed E-state index contributed by atoms with van der Waals surface area (Å²) < 4.78 is 5.29. The molecule has 1 aromatic rings. The second-order valence-electron chi connectivity index (χ2n) is 8.62. The molecule has 0 aromatic heterocycles. The highest BCUT2D eigenvalue weighted by Crippen LogP contribution is 2.65. The first-order valence-corrected chi connectivity index (χ1v) is 10.2. The van der Waals surface area contributed by atoms with Crippen LogP contribution in [0.4, 0.5) is 5.69 Å². The molecule has 6 atom stereocenters. The van der Waals surface area contributed by atoms with Gasteiger partial charge in [0, 0.05) is 18.7 Å². The molecular formula is C22H22N2O4. The van der Waals surface area contributed by atoms with Crippen molar-refractivity contribution in [3.05, 3.63) is 42.0 Å². The van der Waals surface area contributed by atoms with Gasteiger partial charge < -0.3 is 9.64 Å². The van der Waals surface area contributed by atoms with Crippen LogP contribution in [0, 0.1) is 35.5 Å². The fourth-order valence-corrected chi connectivity index (χ4v) is 5.91. The molecule has 6 heteroatoms. The molecule has 7 rings (SSSR count). The maximum absolute atomic E-state index is 13.2. The molecule has 2 aliphatic heterocycles. The molecule has 6 nitrogen and oxygen atoms in total. The predicted molar refractivity (Wildman–Crippen MR) is 100 cm³/mol. The highest BCUT2D eigenvalue weighted by Gasteiger charge is 2.67. The summed E-state index contributed by atoms with van der Waals surface area (Å²) >= 11 is 0. The zero-order valence-corrected chi connectivity index (χ0v) is 15.5. The second-order valence-corrected chi connectivity index (χ2v) is 8.62. The number of anilines is 1. The Kier molecular flexibility index (Phi) is 3.39. The first-order chi connectivity index (χ1) is 13.6. The molecule has 2 bridgehead atoms. The fourth-order valence-electron chi connectivity index (χ4n) is 5.91. The molecule has 2 heterocycles. The average Bonchev–Trinajstić information content (AvgIpc) is 3.52. The first kappa shape index (κ1) is 16.5. The molecule has 2 saturated carbocycles. The Morgan fingerprint density at radius 2 is 1.46 bits per heavy atom. The van der Waals surface area contributed by atoms with Crippen molar-refractivity contribution < 1.29 is 19.1 Å². The standard InChI is InChI=1S/C22H22N2O4/c25-20(23-7-9-28-10-8-23)12-1-3-13(4-2-12)24-21(26)18-14-5-6-15(17-11-16(14)17)19(18)22(24)27/h1-6,14-19H,7-11H2/t14-,15-,16-,17+,18+,19+/m0/s1. The van der Waals surface area contributed by atoms with Crippen LogP contribution in [0.1, 0.15) is 16.8 Å². The second kappa shape index (κ2) is 5.77. The molecule has 6 aliphatic rings. The van der Waals surface area contributed by atoms with E-state index < -0.39 is 0 Å². The van der Waals surface area contributed by atoms with Gasteiger partial charge in [-0.15, -0.1) is 0 Å². The van der Waals surface area contributed by atoms with E-state index in [1.54, 1.807) is 29.2 Å². The van der Waals surface area contributed by atoms with Crippen LogP contribution in [0.5, 0.6) is 0 Å². The van der Waals surface area contributed by atoms with E-state index in [0.717, 1.165) is 6.42 Å². The lowest BCUT2D eigenvalue weighted by atomic mass is 9.63. The van der Waals surface area contributed by atoms with E-state index in [0.29, 0.717) is 49.4 Å². The Labute approximate surface area is 163 Å². The Bertz CT molecular complexity index is 866. The van der Waals surface area contributed by atoms with E-state index in [9.17, 15) is 14.4 Å². The van der Waals surface area contributed by atoms with E-state index in [1.165, 1.54) is 4.90 Å². The summed E-state index contributed by atoms with van der Waals surface area (Å²) in [4.78, 5) is 42.1. The van der Waals surface area contributed by atoms with Crippen LogP contribution in [0.15, 0.2) is 36.4 Å². The number of morpholine rings is 1. The van der Waals surface area contributed by atoms with Crippen molar-refractivity contribution in [1.29, 1.82) is 0 Å². The van der Waals surface area contributed by atoms with E-state index in [4.69, 9.17) is 4.74 Å². The topological polar surface area (TPSA) is 66.9 Å². The van der Waals surface area contributed by atoms with Gasteiger partial charge in [-0.05, 0) is 54.4 Å². The van der Waals surface area contributed by atoms with Gasteiger partial charge in [-0.2, -0.15) is 0 Å². The minimum atomic E-state index is -0.194. The number of carbonyl (C=O) groups excluding carboxylic acids is 3. The monoisotopic (exact) mass is 378 g/mol. The number of ether oxygens (including phenoxy) is 1. The molecular weight excluding hydrogens is 356 g/mol. The van der Waals surface area contributed by atoms with Gasteiger partial charge in [0.05, 0.1) is 30.7 Å². The van der Waals surface area contributed by atoms with E-state index in [1.807, 2.05) is 0 Å². The molecule has 4 aliphatic carbocycles. The maximum atomic E-state index is 13.2. The van der Waals surface area contributed by atoms with Crippen molar-refractivity contribution in [3.63, 3.8) is 0 Å².